The summed E-state index contributed by atoms with van der Waals surface area (Å²) >= 11 is 0. The van der Waals surface area contributed by atoms with Crippen LogP contribution < -0.4 is 14.8 Å². The van der Waals surface area contributed by atoms with Crippen molar-refractivity contribution in [1.82, 2.24) is 10.1 Å². The molecule has 1 amide bonds. The van der Waals surface area contributed by atoms with Crippen molar-refractivity contribution in [3.8, 4) is 23.0 Å². The molecule has 0 unspecified atom stereocenters. The molecule has 0 spiro atoms. The summed E-state index contributed by atoms with van der Waals surface area (Å²) in [6.07, 6.45) is 0. The molecule has 0 aliphatic rings. The van der Waals surface area contributed by atoms with Gasteiger partial charge in [-0.2, -0.15) is 4.98 Å². The number of amides is 1. The molecule has 0 radical (unpaired) electrons. The molecule has 0 aliphatic heterocycles. The second kappa shape index (κ2) is 7.04. The maximum Gasteiger partial charge on any atom is 0.263 e. The van der Waals surface area contributed by atoms with Gasteiger partial charge in [-0.1, -0.05) is 11.2 Å². The lowest BCUT2D eigenvalue weighted by Gasteiger charge is -2.13. The number of aryl methyl sites for hydroxylation is 1. The summed E-state index contributed by atoms with van der Waals surface area (Å²) < 4.78 is 15.6. The molecule has 0 aliphatic carbocycles. The van der Waals surface area contributed by atoms with Crippen molar-refractivity contribution in [2.75, 3.05) is 19.5 Å². The van der Waals surface area contributed by atoms with Crippen LogP contribution in [0.25, 0.3) is 11.5 Å². The van der Waals surface area contributed by atoms with Gasteiger partial charge in [0.2, 0.25) is 0 Å². The van der Waals surface area contributed by atoms with E-state index in [0.717, 1.165) is 5.56 Å². The van der Waals surface area contributed by atoms with Crippen molar-refractivity contribution in [1.29, 1.82) is 0 Å². The molecule has 3 aromatic rings. The zero-order valence-electron chi connectivity index (χ0n) is 14.1. The molecule has 3 rings (SSSR count). The van der Waals surface area contributed by atoms with Gasteiger partial charge in [0.05, 0.1) is 14.2 Å². The van der Waals surface area contributed by atoms with E-state index in [2.05, 4.69) is 15.5 Å². The van der Waals surface area contributed by atoms with Crippen molar-refractivity contribution in [3.63, 3.8) is 0 Å². The van der Waals surface area contributed by atoms with Crippen LogP contribution in [0.3, 0.4) is 0 Å². The molecule has 7 heteroatoms. The van der Waals surface area contributed by atoms with Crippen molar-refractivity contribution >= 4 is 11.6 Å². The van der Waals surface area contributed by atoms with Crippen molar-refractivity contribution < 1.29 is 18.8 Å². The Morgan fingerprint density at radius 2 is 1.68 bits per heavy atom. The van der Waals surface area contributed by atoms with E-state index in [1.54, 1.807) is 49.4 Å². The van der Waals surface area contributed by atoms with Gasteiger partial charge in [-0.3, -0.25) is 4.79 Å². The van der Waals surface area contributed by atoms with Gasteiger partial charge in [-0.05, 0) is 43.3 Å². The molecule has 1 aromatic heterocycles. The average Bonchev–Trinajstić information content (AvgIpc) is 3.07. The minimum Gasteiger partial charge on any atom is -0.496 e. The number of hydrogen-bond donors (Lipinski definition) is 1. The standard InChI is InChI=1S/C18H17N3O4/c1-11-19-18(25-21-11)12-7-9-13(10-8-12)20-17(22)16-14(23-2)5-4-6-15(16)24-3/h4-10H,1-3H3,(H,20,22). The summed E-state index contributed by atoms with van der Waals surface area (Å²) in [5.74, 6) is 1.55. The molecular formula is C18H17N3O4. The van der Waals surface area contributed by atoms with Crippen LogP contribution in [0.4, 0.5) is 5.69 Å². The second-order valence-corrected chi connectivity index (χ2v) is 5.22. The van der Waals surface area contributed by atoms with Crippen LogP contribution in [0.2, 0.25) is 0 Å². The van der Waals surface area contributed by atoms with E-state index >= 15 is 0 Å². The third-order valence-corrected chi connectivity index (χ3v) is 3.57. The van der Waals surface area contributed by atoms with Crippen LogP contribution in [0, 0.1) is 6.92 Å². The van der Waals surface area contributed by atoms with E-state index in [4.69, 9.17) is 14.0 Å². The SMILES string of the molecule is COc1cccc(OC)c1C(=O)Nc1ccc(-c2nc(C)no2)cc1. The van der Waals surface area contributed by atoms with Crippen LogP contribution in [-0.2, 0) is 0 Å². The Morgan fingerprint density at radius 3 is 2.20 bits per heavy atom. The van der Waals surface area contributed by atoms with Gasteiger partial charge in [0, 0.05) is 11.3 Å². The quantitative estimate of drug-likeness (QED) is 0.767. The summed E-state index contributed by atoms with van der Waals surface area (Å²) in [5.41, 5.74) is 1.73. The highest BCUT2D eigenvalue weighted by Gasteiger charge is 2.18. The number of methoxy groups -OCH3 is 2. The molecule has 0 saturated heterocycles. The lowest BCUT2D eigenvalue weighted by molar-refractivity contribution is 0.102. The van der Waals surface area contributed by atoms with Crippen molar-refractivity contribution in [2.24, 2.45) is 0 Å². The molecule has 1 heterocycles. The number of carbonyl (C=O) groups is 1. The van der Waals surface area contributed by atoms with Crippen LogP contribution >= 0.6 is 0 Å². The first kappa shape index (κ1) is 16.5. The maximum atomic E-state index is 12.6. The summed E-state index contributed by atoms with van der Waals surface area (Å²) in [5, 5.41) is 6.58. The molecule has 0 saturated carbocycles. The maximum absolute atomic E-state index is 12.6. The largest absolute Gasteiger partial charge is 0.496 e. The fraction of sp³-hybridized carbons (Fsp3) is 0.167. The Morgan fingerprint density at radius 1 is 1.04 bits per heavy atom. The first-order chi connectivity index (χ1) is 12.1. The minimum absolute atomic E-state index is 0.323. The summed E-state index contributed by atoms with van der Waals surface area (Å²) in [6.45, 7) is 1.75. The van der Waals surface area contributed by atoms with E-state index in [0.29, 0.717) is 34.5 Å². The molecule has 0 bridgehead atoms. The number of benzene rings is 2. The average molecular weight is 339 g/mol. The van der Waals surface area contributed by atoms with Crippen LogP contribution in [0.1, 0.15) is 16.2 Å². The number of aromatic nitrogens is 2. The molecule has 0 atom stereocenters. The number of nitrogens with zero attached hydrogens (tertiary/aromatic N) is 2. The highest BCUT2D eigenvalue weighted by Crippen LogP contribution is 2.29. The van der Waals surface area contributed by atoms with Crippen LogP contribution in [-0.4, -0.2) is 30.3 Å². The summed E-state index contributed by atoms with van der Waals surface area (Å²) in [6, 6.07) is 12.3. The first-order valence-electron chi connectivity index (χ1n) is 7.55. The first-order valence-corrected chi connectivity index (χ1v) is 7.55. The summed E-state index contributed by atoms with van der Waals surface area (Å²) in [4.78, 5) is 16.8. The van der Waals surface area contributed by atoms with Crippen LogP contribution in [0.5, 0.6) is 11.5 Å². The molecule has 2 aromatic carbocycles. The van der Waals surface area contributed by atoms with E-state index in [-0.39, 0.29) is 5.91 Å². The molecule has 128 valence electrons. The number of ether oxygens (including phenoxy) is 2. The van der Waals surface area contributed by atoms with Gasteiger partial charge in [-0.25, -0.2) is 0 Å². The molecule has 25 heavy (non-hydrogen) atoms. The monoisotopic (exact) mass is 339 g/mol. The molecule has 0 fully saturated rings. The Balaban J connectivity index is 1.82. The number of anilines is 1. The van der Waals surface area contributed by atoms with Crippen LogP contribution in [0.15, 0.2) is 47.0 Å². The number of rotatable bonds is 5. The Bertz CT molecular complexity index is 865. The lowest BCUT2D eigenvalue weighted by atomic mass is 10.1. The third-order valence-electron chi connectivity index (χ3n) is 3.57. The van der Waals surface area contributed by atoms with Crippen molar-refractivity contribution in [2.45, 2.75) is 6.92 Å². The second-order valence-electron chi connectivity index (χ2n) is 5.22. The highest BCUT2D eigenvalue weighted by atomic mass is 16.5. The third kappa shape index (κ3) is 3.45. The number of carbonyl (C=O) groups excluding carboxylic acids is 1. The van der Waals surface area contributed by atoms with Gasteiger partial charge in [0.1, 0.15) is 17.1 Å². The lowest BCUT2D eigenvalue weighted by Crippen LogP contribution is -2.14. The Hall–Kier alpha value is -3.35. The van der Waals surface area contributed by atoms with Gasteiger partial charge in [-0.15, -0.1) is 0 Å². The Labute approximate surface area is 144 Å². The van der Waals surface area contributed by atoms with Gasteiger partial charge in [0.15, 0.2) is 5.82 Å². The van der Waals surface area contributed by atoms with E-state index in [1.807, 2.05) is 0 Å². The summed E-state index contributed by atoms with van der Waals surface area (Å²) in [7, 11) is 3.01. The molecule has 7 nitrogen and oxygen atoms in total. The number of nitrogens with one attached hydrogen (secondary N) is 1. The van der Waals surface area contributed by atoms with Crippen molar-refractivity contribution in [3.05, 3.63) is 53.9 Å². The topological polar surface area (TPSA) is 86.5 Å². The van der Waals surface area contributed by atoms with Gasteiger partial charge >= 0.3 is 0 Å². The van der Waals surface area contributed by atoms with E-state index in [9.17, 15) is 4.79 Å². The zero-order chi connectivity index (χ0) is 17.8. The van der Waals surface area contributed by atoms with E-state index < -0.39 is 0 Å². The van der Waals surface area contributed by atoms with E-state index in [1.165, 1.54) is 14.2 Å². The smallest absolute Gasteiger partial charge is 0.263 e. The van der Waals surface area contributed by atoms with Gasteiger partial charge in [0.25, 0.3) is 11.8 Å². The fourth-order valence-corrected chi connectivity index (χ4v) is 2.38. The van der Waals surface area contributed by atoms with Gasteiger partial charge < -0.3 is 19.3 Å². The zero-order valence-corrected chi connectivity index (χ0v) is 14.1. The predicted octanol–water partition coefficient (Wildman–Crippen LogP) is 3.31. The predicted molar refractivity (Wildman–Crippen MR) is 92.0 cm³/mol. The number of hydrogen-bond acceptors (Lipinski definition) is 6. The molecule has 1 N–H and O–H groups in total. The minimum atomic E-state index is -0.323. The fourth-order valence-electron chi connectivity index (χ4n) is 2.38. The molecular weight excluding hydrogens is 322 g/mol. The highest BCUT2D eigenvalue weighted by molar-refractivity contribution is 6.08. The Kier molecular flexibility index (Phi) is 4.65. The normalized spacial score (nSPS) is 10.4.